The number of rotatable bonds is 9. The number of thiazole rings is 1. The Balaban J connectivity index is 1.37. The molecule has 1 aliphatic heterocycles. The Morgan fingerprint density at radius 3 is 2.61 bits per heavy atom. The first-order chi connectivity index (χ1) is 17.5. The molecule has 1 unspecified atom stereocenters. The van der Waals surface area contributed by atoms with E-state index in [4.69, 9.17) is 19.2 Å². The molecule has 1 saturated heterocycles. The normalized spacial score (nSPS) is 15.4. The Labute approximate surface area is 213 Å². The number of aromatic nitrogens is 2. The molecular formula is C27H28FN3O4S. The fraction of sp³-hybridized carbons (Fsp3) is 0.333. The first kappa shape index (κ1) is 24.3. The first-order valence-electron chi connectivity index (χ1n) is 11.9. The van der Waals surface area contributed by atoms with Crippen LogP contribution >= 0.6 is 11.3 Å². The number of hydrogen-bond donors (Lipinski definition) is 0. The van der Waals surface area contributed by atoms with Gasteiger partial charge in [-0.05, 0) is 49.2 Å². The summed E-state index contributed by atoms with van der Waals surface area (Å²) in [6.07, 6.45) is 4.59. The van der Waals surface area contributed by atoms with Gasteiger partial charge in [0.25, 0.3) is 5.91 Å². The fourth-order valence-corrected chi connectivity index (χ4v) is 5.35. The summed E-state index contributed by atoms with van der Waals surface area (Å²) in [7, 11) is 3.14. The fourth-order valence-electron chi connectivity index (χ4n) is 4.44. The van der Waals surface area contributed by atoms with Gasteiger partial charge in [0.05, 0.1) is 26.0 Å². The van der Waals surface area contributed by atoms with Gasteiger partial charge in [-0.2, -0.15) is 0 Å². The number of ether oxygens (including phenoxy) is 3. The van der Waals surface area contributed by atoms with Gasteiger partial charge in [0.2, 0.25) is 0 Å². The minimum atomic E-state index is -0.273. The molecule has 1 atom stereocenters. The van der Waals surface area contributed by atoms with Crippen LogP contribution < -0.4 is 9.47 Å². The SMILES string of the molecule is COc1cc(OC)cc(C(=O)N(CCc2csc3nc(-c4ccc(F)cc4)cn23)CC2CCCO2)c1. The number of benzene rings is 2. The molecule has 0 bridgehead atoms. The molecule has 1 amide bonds. The summed E-state index contributed by atoms with van der Waals surface area (Å²) in [6, 6.07) is 11.6. The summed E-state index contributed by atoms with van der Waals surface area (Å²) in [5.41, 5.74) is 3.23. The zero-order valence-corrected chi connectivity index (χ0v) is 21.1. The van der Waals surface area contributed by atoms with Gasteiger partial charge >= 0.3 is 0 Å². The molecule has 188 valence electrons. The van der Waals surface area contributed by atoms with Crippen molar-refractivity contribution in [3.8, 4) is 22.8 Å². The molecular weight excluding hydrogens is 481 g/mol. The zero-order valence-electron chi connectivity index (χ0n) is 20.3. The highest BCUT2D eigenvalue weighted by Gasteiger charge is 2.25. The van der Waals surface area contributed by atoms with Crippen LogP contribution in [-0.2, 0) is 11.2 Å². The van der Waals surface area contributed by atoms with Crippen LogP contribution in [0.3, 0.4) is 0 Å². The van der Waals surface area contributed by atoms with Crippen LogP contribution in [0.25, 0.3) is 16.2 Å². The van der Waals surface area contributed by atoms with E-state index in [0.717, 1.165) is 41.4 Å². The van der Waals surface area contributed by atoms with E-state index in [-0.39, 0.29) is 17.8 Å². The van der Waals surface area contributed by atoms with Gasteiger partial charge < -0.3 is 19.1 Å². The van der Waals surface area contributed by atoms with Crippen LogP contribution in [0.4, 0.5) is 4.39 Å². The number of imidazole rings is 1. The molecule has 0 N–H and O–H groups in total. The van der Waals surface area contributed by atoms with Gasteiger partial charge in [-0.25, -0.2) is 9.37 Å². The monoisotopic (exact) mass is 509 g/mol. The van der Waals surface area contributed by atoms with Gasteiger partial charge in [-0.1, -0.05) is 0 Å². The van der Waals surface area contributed by atoms with E-state index in [1.807, 2.05) is 15.5 Å². The van der Waals surface area contributed by atoms with E-state index in [9.17, 15) is 9.18 Å². The molecule has 0 saturated carbocycles. The minimum Gasteiger partial charge on any atom is -0.497 e. The number of nitrogens with zero attached hydrogens (tertiary/aromatic N) is 3. The van der Waals surface area contributed by atoms with Crippen LogP contribution in [-0.4, -0.2) is 60.2 Å². The standard InChI is InChI=1S/C27H28FN3O4S/c1-33-23-12-19(13-24(14-23)34-2)26(32)30(15-22-4-3-11-35-22)10-9-21-17-36-27-29-25(16-31(21)27)18-5-7-20(28)8-6-18/h5-8,12-14,16-17,22H,3-4,9-11,15H2,1-2H3. The summed E-state index contributed by atoms with van der Waals surface area (Å²) in [6.45, 7) is 1.77. The second-order valence-corrected chi connectivity index (χ2v) is 9.59. The van der Waals surface area contributed by atoms with E-state index in [1.165, 1.54) is 12.1 Å². The van der Waals surface area contributed by atoms with Crippen molar-refractivity contribution in [2.24, 2.45) is 0 Å². The van der Waals surface area contributed by atoms with Crippen LogP contribution in [0.1, 0.15) is 28.9 Å². The van der Waals surface area contributed by atoms with Gasteiger partial charge in [0, 0.05) is 60.6 Å². The second-order valence-electron chi connectivity index (χ2n) is 8.75. The van der Waals surface area contributed by atoms with E-state index in [0.29, 0.717) is 36.6 Å². The number of carbonyl (C=O) groups excluding carboxylic acids is 1. The quantitative estimate of drug-likeness (QED) is 0.315. The predicted octanol–water partition coefficient (Wildman–Crippen LogP) is 5.08. The molecule has 7 nitrogen and oxygen atoms in total. The van der Waals surface area contributed by atoms with Crippen LogP contribution in [0.15, 0.2) is 54.0 Å². The predicted molar refractivity (Wildman–Crippen MR) is 137 cm³/mol. The van der Waals surface area contributed by atoms with Crippen molar-refractivity contribution in [2.75, 3.05) is 33.9 Å². The topological polar surface area (TPSA) is 65.3 Å². The Morgan fingerprint density at radius 2 is 1.94 bits per heavy atom. The highest BCUT2D eigenvalue weighted by molar-refractivity contribution is 7.15. The molecule has 0 radical (unpaired) electrons. The molecule has 5 rings (SSSR count). The van der Waals surface area contributed by atoms with Crippen molar-refractivity contribution in [3.05, 3.63) is 71.1 Å². The van der Waals surface area contributed by atoms with Crippen molar-refractivity contribution < 1.29 is 23.4 Å². The highest BCUT2D eigenvalue weighted by Crippen LogP contribution is 2.26. The maximum atomic E-state index is 13.6. The third-order valence-electron chi connectivity index (χ3n) is 6.39. The van der Waals surface area contributed by atoms with Crippen molar-refractivity contribution in [1.82, 2.24) is 14.3 Å². The van der Waals surface area contributed by atoms with Crippen LogP contribution in [0.2, 0.25) is 0 Å². The summed E-state index contributed by atoms with van der Waals surface area (Å²) in [4.78, 5) is 21.0. The summed E-state index contributed by atoms with van der Waals surface area (Å²) < 4.78 is 32.0. The maximum Gasteiger partial charge on any atom is 0.254 e. The summed E-state index contributed by atoms with van der Waals surface area (Å²) in [5, 5.41) is 2.07. The lowest BCUT2D eigenvalue weighted by atomic mass is 10.1. The number of amides is 1. The van der Waals surface area contributed by atoms with Crippen molar-refractivity contribution >= 4 is 22.2 Å². The third-order valence-corrected chi connectivity index (χ3v) is 7.28. The molecule has 9 heteroatoms. The molecule has 36 heavy (non-hydrogen) atoms. The number of fused-ring (bicyclic) bond motifs is 1. The average Bonchev–Trinajstić information content (AvgIpc) is 3.65. The lowest BCUT2D eigenvalue weighted by Gasteiger charge is -2.26. The Morgan fingerprint density at radius 1 is 1.19 bits per heavy atom. The molecule has 0 aliphatic carbocycles. The lowest BCUT2D eigenvalue weighted by molar-refractivity contribution is 0.0527. The average molecular weight is 510 g/mol. The molecule has 4 aromatic rings. The molecule has 3 heterocycles. The maximum absolute atomic E-state index is 13.6. The van der Waals surface area contributed by atoms with Crippen molar-refractivity contribution in [2.45, 2.75) is 25.4 Å². The molecule has 1 fully saturated rings. The van der Waals surface area contributed by atoms with Gasteiger partial charge in [-0.3, -0.25) is 9.20 Å². The summed E-state index contributed by atoms with van der Waals surface area (Å²) >= 11 is 1.55. The Kier molecular flexibility index (Phi) is 7.20. The van der Waals surface area contributed by atoms with Gasteiger partial charge in [0.1, 0.15) is 17.3 Å². The van der Waals surface area contributed by atoms with E-state index < -0.39 is 0 Å². The van der Waals surface area contributed by atoms with Gasteiger partial charge in [-0.15, -0.1) is 11.3 Å². The van der Waals surface area contributed by atoms with Crippen LogP contribution in [0.5, 0.6) is 11.5 Å². The van der Waals surface area contributed by atoms with Crippen LogP contribution in [0, 0.1) is 5.82 Å². The second kappa shape index (κ2) is 10.7. The zero-order chi connectivity index (χ0) is 25.1. The number of carbonyl (C=O) groups is 1. The number of methoxy groups -OCH3 is 2. The molecule has 1 aliphatic rings. The summed E-state index contributed by atoms with van der Waals surface area (Å²) in [5.74, 6) is 0.777. The van der Waals surface area contributed by atoms with E-state index in [2.05, 4.69) is 5.38 Å². The molecule has 2 aromatic heterocycles. The number of hydrogen-bond acceptors (Lipinski definition) is 6. The van der Waals surface area contributed by atoms with Crippen molar-refractivity contribution in [1.29, 1.82) is 0 Å². The number of halogens is 1. The smallest absolute Gasteiger partial charge is 0.254 e. The van der Waals surface area contributed by atoms with Gasteiger partial charge in [0.15, 0.2) is 4.96 Å². The molecule has 0 spiro atoms. The van der Waals surface area contributed by atoms with E-state index in [1.54, 1.807) is 55.9 Å². The minimum absolute atomic E-state index is 0.0299. The van der Waals surface area contributed by atoms with Crippen molar-refractivity contribution in [3.63, 3.8) is 0 Å². The molecule has 2 aromatic carbocycles. The third kappa shape index (κ3) is 5.22. The Bertz CT molecular complexity index is 1320. The highest BCUT2D eigenvalue weighted by atomic mass is 32.1. The Hall–Kier alpha value is -3.43. The first-order valence-corrected chi connectivity index (χ1v) is 12.8. The van der Waals surface area contributed by atoms with E-state index >= 15 is 0 Å². The largest absolute Gasteiger partial charge is 0.497 e. The lowest BCUT2D eigenvalue weighted by Crippen LogP contribution is -2.39.